The van der Waals surface area contributed by atoms with Gasteiger partial charge in [-0.1, -0.05) is 12.1 Å². The zero-order chi connectivity index (χ0) is 11.1. The average Bonchev–Trinajstić information content (AvgIpc) is 2.25. The number of hydrogen-bond donors (Lipinski definition) is 2. The summed E-state index contributed by atoms with van der Waals surface area (Å²) in [5, 5.41) is 12.4. The number of aliphatic hydroxyl groups is 1. The zero-order valence-corrected chi connectivity index (χ0v) is 10.2. The number of nitrogens with one attached hydrogen (secondary N) is 1. The first-order valence-electron chi connectivity index (χ1n) is 5.24. The summed E-state index contributed by atoms with van der Waals surface area (Å²) in [6.07, 6.45) is 2.68. The Kier molecular flexibility index (Phi) is 5.76. The summed E-state index contributed by atoms with van der Waals surface area (Å²) in [6, 6.07) is 8.55. The van der Waals surface area contributed by atoms with Crippen LogP contribution in [-0.2, 0) is 6.54 Å². The Morgan fingerprint density at radius 2 is 2.00 bits per heavy atom. The molecule has 1 aromatic rings. The van der Waals surface area contributed by atoms with Crippen LogP contribution in [-0.4, -0.2) is 24.0 Å². The fourth-order valence-electron chi connectivity index (χ4n) is 1.29. The maximum atomic E-state index is 9.08. The van der Waals surface area contributed by atoms with Crippen molar-refractivity contribution < 1.29 is 5.11 Å². The van der Waals surface area contributed by atoms with Gasteiger partial charge in [0.1, 0.15) is 0 Å². The topological polar surface area (TPSA) is 32.3 Å². The lowest BCUT2D eigenvalue weighted by Crippen LogP contribution is -2.18. The highest BCUT2D eigenvalue weighted by Gasteiger charge is 1.96. The van der Waals surface area contributed by atoms with E-state index in [1.807, 2.05) is 6.92 Å². The third-order valence-corrected chi connectivity index (χ3v) is 2.97. The van der Waals surface area contributed by atoms with E-state index in [-0.39, 0.29) is 6.10 Å². The van der Waals surface area contributed by atoms with Crippen molar-refractivity contribution in [2.24, 2.45) is 0 Å². The molecule has 0 aliphatic heterocycles. The van der Waals surface area contributed by atoms with Crippen LogP contribution in [0, 0.1) is 0 Å². The van der Waals surface area contributed by atoms with Gasteiger partial charge in [-0.25, -0.2) is 0 Å². The average molecular weight is 225 g/mol. The molecule has 2 N–H and O–H groups in total. The van der Waals surface area contributed by atoms with E-state index in [0.717, 1.165) is 19.5 Å². The summed E-state index contributed by atoms with van der Waals surface area (Å²) in [5.41, 5.74) is 1.29. The Hall–Kier alpha value is -0.510. The van der Waals surface area contributed by atoms with Gasteiger partial charge in [-0.3, -0.25) is 0 Å². The first-order valence-corrected chi connectivity index (χ1v) is 6.46. The van der Waals surface area contributed by atoms with E-state index in [2.05, 4.69) is 35.8 Å². The van der Waals surface area contributed by atoms with E-state index in [9.17, 15) is 0 Å². The van der Waals surface area contributed by atoms with Crippen LogP contribution >= 0.6 is 11.8 Å². The molecule has 15 heavy (non-hydrogen) atoms. The molecule has 0 spiro atoms. The molecule has 1 unspecified atom stereocenters. The highest BCUT2D eigenvalue weighted by atomic mass is 32.2. The molecule has 0 aliphatic carbocycles. The molecule has 0 amide bonds. The van der Waals surface area contributed by atoms with Crippen LogP contribution in [0.25, 0.3) is 0 Å². The molecule has 0 aromatic heterocycles. The monoisotopic (exact) mass is 225 g/mol. The van der Waals surface area contributed by atoms with E-state index >= 15 is 0 Å². The van der Waals surface area contributed by atoms with Gasteiger partial charge in [0.05, 0.1) is 6.10 Å². The Labute approximate surface area is 96.1 Å². The van der Waals surface area contributed by atoms with Crippen LogP contribution < -0.4 is 5.32 Å². The van der Waals surface area contributed by atoms with Crippen molar-refractivity contribution in [3.63, 3.8) is 0 Å². The number of benzene rings is 1. The van der Waals surface area contributed by atoms with Gasteiger partial charge in [0, 0.05) is 11.4 Å². The maximum Gasteiger partial charge on any atom is 0.0524 e. The largest absolute Gasteiger partial charge is 0.393 e. The van der Waals surface area contributed by atoms with Gasteiger partial charge in [0.15, 0.2) is 0 Å². The molecule has 0 heterocycles. The fourth-order valence-corrected chi connectivity index (χ4v) is 1.70. The van der Waals surface area contributed by atoms with Crippen LogP contribution in [0.3, 0.4) is 0 Å². The summed E-state index contributed by atoms with van der Waals surface area (Å²) in [5.74, 6) is 0. The van der Waals surface area contributed by atoms with Crippen molar-refractivity contribution in [2.75, 3.05) is 12.8 Å². The Morgan fingerprint density at radius 3 is 2.53 bits per heavy atom. The molecule has 1 atom stereocenters. The molecule has 0 bridgehead atoms. The predicted octanol–water partition coefficient (Wildman–Crippen LogP) is 2.27. The number of hydrogen-bond acceptors (Lipinski definition) is 3. The Balaban J connectivity index is 2.25. The van der Waals surface area contributed by atoms with E-state index in [1.165, 1.54) is 10.5 Å². The second-order valence-corrected chi connectivity index (χ2v) is 4.54. The van der Waals surface area contributed by atoms with Crippen LogP contribution in [0.5, 0.6) is 0 Å². The minimum atomic E-state index is -0.212. The molecule has 84 valence electrons. The summed E-state index contributed by atoms with van der Waals surface area (Å²) in [7, 11) is 0. The van der Waals surface area contributed by atoms with E-state index in [1.54, 1.807) is 11.8 Å². The summed E-state index contributed by atoms with van der Waals surface area (Å²) in [4.78, 5) is 1.29. The molecule has 1 rings (SSSR count). The third kappa shape index (κ3) is 5.21. The van der Waals surface area contributed by atoms with E-state index < -0.39 is 0 Å². The highest BCUT2D eigenvalue weighted by molar-refractivity contribution is 7.98. The standard InChI is InChI=1S/C12H19NOS/c1-10(14)7-8-13-9-11-3-5-12(15-2)6-4-11/h3-6,10,13-14H,7-9H2,1-2H3. The van der Waals surface area contributed by atoms with Crippen LogP contribution in [0.15, 0.2) is 29.2 Å². The van der Waals surface area contributed by atoms with E-state index in [4.69, 9.17) is 5.11 Å². The van der Waals surface area contributed by atoms with Crippen molar-refractivity contribution in [2.45, 2.75) is 30.9 Å². The molecule has 2 nitrogen and oxygen atoms in total. The van der Waals surface area contributed by atoms with Crippen molar-refractivity contribution in [3.05, 3.63) is 29.8 Å². The molecule has 0 saturated heterocycles. The predicted molar refractivity (Wildman–Crippen MR) is 66.2 cm³/mol. The van der Waals surface area contributed by atoms with Gasteiger partial charge in [-0.15, -0.1) is 11.8 Å². The summed E-state index contributed by atoms with van der Waals surface area (Å²) >= 11 is 1.76. The number of rotatable bonds is 6. The SMILES string of the molecule is CSc1ccc(CNCCC(C)O)cc1. The van der Waals surface area contributed by atoms with E-state index in [0.29, 0.717) is 0 Å². The quantitative estimate of drug-likeness (QED) is 0.575. The highest BCUT2D eigenvalue weighted by Crippen LogP contribution is 2.14. The van der Waals surface area contributed by atoms with Crippen molar-refractivity contribution in [1.29, 1.82) is 0 Å². The minimum absolute atomic E-state index is 0.212. The molecule has 0 aliphatic rings. The number of thioether (sulfide) groups is 1. The lowest BCUT2D eigenvalue weighted by atomic mass is 10.2. The second-order valence-electron chi connectivity index (χ2n) is 3.66. The lowest BCUT2D eigenvalue weighted by molar-refractivity contribution is 0.183. The van der Waals surface area contributed by atoms with Gasteiger partial charge in [0.25, 0.3) is 0 Å². The summed E-state index contributed by atoms with van der Waals surface area (Å²) < 4.78 is 0. The van der Waals surface area contributed by atoms with Crippen LogP contribution in [0.1, 0.15) is 18.9 Å². The molecule has 1 aromatic carbocycles. The smallest absolute Gasteiger partial charge is 0.0524 e. The van der Waals surface area contributed by atoms with Gasteiger partial charge < -0.3 is 10.4 Å². The molecular formula is C12H19NOS. The van der Waals surface area contributed by atoms with Crippen molar-refractivity contribution in [1.82, 2.24) is 5.32 Å². The minimum Gasteiger partial charge on any atom is -0.393 e. The first-order chi connectivity index (χ1) is 7.22. The van der Waals surface area contributed by atoms with Crippen LogP contribution in [0.2, 0.25) is 0 Å². The molecule has 0 saturated carbocycles. The molecule has 3 heteroatoms. The molecule has 0 radical (unpaired) electrons. The first kappa shape index (κ1) is 12.6. The number of aliphatic hydroxyl groups excluding tert-OH is 1. The van der Waals surface area contributed by atoms with Gasteiger partial charge in [0.2, 0.25) is 0 Å². The second kappa shape index (κ2) is 6.88. The Bertz CT molecular complexity index is 271. The Morgan fingerprint density at radius 1 is 1.33 bits per heavy atom. The van der Waals surface area contributed by atoms with Gasteiger partial charge in [-0.05, 0) is 43.8 Å². The lowest BCUT2D eigenvalue weighted by Gasteiger charge is -2.06. The molecule has 0 fully saturated rings. The van der Waals surface area contributed by atoms with Crippen molar-refractivity contribution >= 4 is 11.8 Å². The maximum absolute atomic E-state index is 9.08. The zero-order valence-electron chi connectivity index (χ0n) is 9.36. The van der Waals surface area contributed by atoms with Gasteiger partial charge in [-0.2, -0.15) is 0 Å². The molecular weight excluding hydrogens is 206 g/mol. The normalized spacial score (nSPS) is 12.7. The van der Waals surface area contributed by atoms with Crippen molar-refractivity contribution in [3.8, 4) is 0 Å². The van der Waals surface area contributed by atoms with Gasteiger partial charge >= 0.3 is 0 Å². The third-order valence-electron chi connectivity index (χ3n) is 2.23. The fraction of sp³-hybridized carbons (Fsp3) is 0.500. The summed E-state index contributed by atoms with van der Waals surface area (Å²) in [6.45, 7) is 3.55. The van der Waals surface area contributed by atoms with Crippen LogP contribution in [0.4, 0.5) is 0 Å².